The third-order valence-electron chi connectivity index (χ3n) is 3.72. The highest BCUT2D eigenvalue weighted by atomic mass is 35.5. The molecule has 0 bridgehead atoms. The van der Waals surface area contributed by atoms with Crippen LogP contribution in [0.25, 0.3) is 16.9 Å². The topological polar surface area (TPSA) is 52.8 Å². The van der Waals surface area contributed by atoms with Crippen LogP contribution in [0.1, 0.15) is 13.3 Å². The number of imidazole rings is 1. The van der Waals surface area contributed by atoms with Crippen molar-refractivity contribution >= 4 is 22.6 Å². The summed E-state index contributed by atoms with van der Waals surface area (Å²) in [5.74, 6) is 0.205. The summed E-state index contributed by atoms with van der Waals surface area (Å²) in [5, 5.41) is 0.383. The fourth-order valence-corrected chi connectivity index (χ4v) is 2.76. The maximum absolute atomic E-state index is 13.1. The molecule has 0 radical (unpaired) electrons. The third-order valence-corrected chi connectivity index (χ3v) is 3.99. The van der Waals surface area contributed by atoms with E-state index >= 15 is 0 Å². The number of fused-ring (bicyclic) bond motifs is 1. The second-order valence-electron chi connectivity index (χ2n) is 5.73. The third kappa shape index (κ3) is 4.60. The average molecular weight is 385 g/mol. The lowest BCUT2D eigenvalue weighted by Gasteiger charge is -2.09. The fourth-order valence-electron chi connectivity index (χ4n) is 2.58. The number of aromatic nitrogens is 4. The summed E-state index contributed by atoms with van der Waals surface area (Å²) in [6.07, 6.45) is 8.41. The Labute approximate surface area is 161 Å². The zero-order chi connectivity index (χ0) is 19.2. The molecule has 0 spiro atoms. The van der Waals surface area contributed by atoms with Gasteiger partial charge in [0.2, 0.25) is 0 Å². The quantitative estimate of drug-likeness (QED) is 0.524. The zero-order valence-corrected chi connectivity index (χ0v) is 15.5. The molecule has 0 fully saturated rings. The number of hydrogen-bond acceptors (Lipinski definition) is 4. The second kappa shape index (κ2) is 8.60. The van der Waals surface area contributed by atoms with Crippen molar-refractivity contribution < 1.29 is 9.13 Å². The van der Waals surface area contributed by atoms with Gasteiger partial charge in [0.1, 0.15) is 11.3 Å². The average Bonchev–Trinajstić information content (AvgIpc) is 3.07. The molecule has 0 saturated heterocycles. The van der Waals surface area contributed by atoms with Crippen molar-refractivity contribution in [1.29, 1.82) is 0 Å². The summed E-state index contributed by atoms with van der Waals surface area (Å²) in [6.45, 7) is 5.31. The van der Waals surface area contributed by atoms with E-state index in [1.807, 2.05) is 24.3 Å². The molecule has 27 heavy (non-hydrogen) atoms. The molecule has 0 amide bonds. The van der Waals surface area contributed by atoms with Crippen molar-refractivity contribution in [2.75, 3.05) is 6.61 Å². The summed E-state index contributed by atoms with van der Waals surface area (Å²) in [4.78, 5) is 12.8. The van der Waals surface area contributed by atoms with Crippen molar-refractivity contribution in [2.45, 2.75) is 13.3 Å². The highest BCUT2D eigenvalue weighted by Crippen LogP contribution is 2.24. The highest BCUT2D eigenvalue weighted by Gasteiger charge is 2.12. The SMILES string of the molecule is C=C/C=C(\C=C(/C)F)CCOc1ncc(Cl)c(-n2cnc3ccccc32)n1. The lowest BCUT2D eigenvalue weighted by molar-refractivity contribution is 0.296. The van der Waals surface area contributed by atoms with E-state index in [0.29, 0.717) is 17.3 Å². The maximum Gasteiger partial charge on any atom is 0.318 e. The van der Waals surface area contributed by atoms with E-state index < -0.39 is 0 Å². The minimum atomic E-state index is -0.278. The lowest BCUT2D eigenvalue weighted by Crippen LogP contribution is -2.05. The molecule has 0 aliphatic carbocycles. The van der Waals surface area contributed by atoms with Crippen LogP contribution in [0, 0.1) is 0 Å². The molecule has 2 aromatic heterocycles. The van der Waals surface area contributed by atoms with Gasteiger partial charge in [-0.25, -0.2) is 14.4 Å². The van der Waals surface area contributed by atoms with Crippen molar-refractivity contribution in [3.05, 3.63) is 78.0 Å². The van der Waals surface area contributed by atoms with Crippen molar-refractivity contribution in [3.8, 4) is 11.8 Å². The van der Waals surface area contributed by atoms with Gasteiger partial charge < -0.3 is 4.74 Å². The van der Waals surface area contributed by atoms with Crippen LogP contribution in [-0.2, 0) is 0 Å². The van der Waals surface area contributed by atoms with E-state index in [1.165, 1.54) is 19.2 Å². The molecular formula is C20H18ClFN4O. The smallest absolute Gasteiger partial charge is 0.318 e. The maximum atomic E-state index is 13.1. The van der Waals surface area contributed by atoms with Gasteiger partial charge in [-0.1, -0.05) is 42.5 Å². The van der Waals surface area contributed by atoms with Gasteiger partial charge in [0, 0.05) is 6.42 Å². The van der Waals surface area contributed by atoms with Crippen LogP contribution in [0.5, 0.6) is 6.01 Å². The van der Waals surface area contributed by atoms with E-state index in [0.717, 1.165) is 16.6 Å². The Kier molecular flexibility index (Phi) is 5.98. The minimum Gasteiger partial charge on any atom is -0.463 e. The summed E-state index contributed by atoms with van der Waals surface area (Å²) in [7, 11) is 0. The minimum absolute atomic E-state index is 0.186. The normalized spacial score (nSPS) is 12.4. The van der Waals surface area contributed by atoms with E-state index in [4.69, 9.17) is 16.3 Å². The van der Waals surface area contributed by atoms with Gasteiger partial charge in [-0.3, -0.25) is 4.57 Å². The number of ether oxygens (including phenoxy) is 1. The summed E-state index contributed by atoms with van der Waals surface area (Å²) in [5.41, 5.74) is 2.48. The number of nitrogens with zero attached hydrogens (tertiary/aromatic N) is 4. The first kappa shape index (κ1) is 18.8. The van der Waals surface area contributed by atoms with Gasteiger partial charge in [0.15, 0.2) is 5.82 Å². The van der Waals surface area contributed by atoms with E-state index in [1.54, 1.807) is 23.0 Å². The van der Waals surface area contributed by atoms with Crippen LogP contribution < -0.4 is 4.74 Å². The van der Waals surface area contributed by atoms with Crippen molar-refractivity contribution in [3.63, 3.8) is 0 Å². The molecule has 1 aromatic carbocycles. The van der Waals surface area contributed by atoms with Gasteiger partial charge in [-0.15, -0.1) is 0 Å². The first-order chi connectivity index (χ1) is 13.1. The predicted molar refractivity (Wildman–Crippen MR) is 105 cm³/mol. The molecule has 2 heterocycles. The van der Waals surface area contributed by atoms with Gasteiger partial charge in [-0.05, 0) is 30.7 Å². The van der Waals surface area contributed by atoms with E-state index in [-0.39, 0.29) is 18.4 Å². The summed E-state index contributed by atoms with van der Waals surface area (Å²) < 4.78 is 20.5. The molecule has 0 atom stereocenters. The molecule has 3 rings (SSSR count). The largest absolute Gasteiger partial charge is 0.463 e. The molecule has 0 aliphatic rings. The number of para-hydroxylation sites is 2. The first-order valence-electron chi connectivity index (χ1n) is 8.31. The summed E-state index contributed by atoms with van der Waals surface area (Å²) >= 11 is 6.27. The van der Waals surface area contributed by atoms with Crippen molar-refractivity contribution in [2.24, 2.45) is 0 Å². The lowest BCUT2D eigenvalue weighted by atomic mass is 10.1. The Morgan fingerprint density at radius 3 is 2.93 bits per heavy atom. The standard InChI is InChI=1S/C20H18ClFN4O/c1-3-6-15(11-14(2)22)9-10-27-20-23-12-16(21)19(25-20)26-13-24-17-7-4-5-8-18(17)26/h3-8,11-13H,1,9-10H2,2H3/b14-11+,15-6-. The van der Waals surface area contributed by atoms with Gasteiger partial charge in [-0.2, -0.15) is 4.98 Å². The molecule has 0 N–H and O–H groups in total. The molecule has 7 heteroatoms. The molecule has 0 aliphatic heterocycles. The number of allylic oxidation sites excluding steroid dienone is 4. The number of hydrogen-bond donors (Lipinski definition) is 0. The Hall–Kier alpha value is -2.99. The van der Waals surface area contributed by atoms with Gasteiger partial charge in [0.05, 0.1) is 29.7 Å². The first-order valence-corrected chi connectivity index (χ1v) is 8.69. The molecule has 0 saturated carbocycles. The highest BCUT2D eigenvalue weighted by molar-refractivity contribution is 6.32. The molecule has 138 valence electrons. The van der Waals surface area contributed by atoms with Crippen LogP contribution >= 0.6 is 11.6 Å². The van der Waals surface area contributed by atoms with Crippen LogP contribution in [-0.4, -0.2) is 26.1 Å². The Balaban J connectivity index is 1.79. The van der Waals surface area contributed by atoms with Crippen molar-refractivity contribution in [1.82, 2.24) is 19.5 Å². The van der Waals surface area contributed by atoms with Crippen LogP contribution in [0.4, 0.5) is 4.39 Å². The fraction of sp³-hybridized carbons (Fsp3) is 0.150. The summed E-state index contributed by atoms with van der Waals surface area (Å²) in [6, 6.07) is 7.86. The Morgan fingerprint density at radius 1 is 1.33 bits per heavy atom. The Morgan fingerprint density at radius 2 is 2.15 bits per heavy atom. The molecule has 0 unspecified atom stereocenters. The second-order valence-corrected chi connectivity index (χ2v) is 6.14. The predicted octanol–water partition coefficient (Wildman–Crippen LogP) is 5.22. The van der Waals surface area contributed by atoms with E-state index in [9.17, 15) is 4.39 Å². The number of rotatable bonds is 7. The molecule has 5 nitrogen and oxygen atoms in total. The van der Waals surface area contributed by atoms with Crippen LogP contribution in [0.2, 0.25) is 5.02 Å². The zero-order valence-electron chi connectivity index (χ0n) is 14.8. The van der Waals surface area contributed by atoms with E-state index in [2.05, 4.69) is 21.5 Å². The van der Waals surface area contributed by atoms with Crippen LogP contribution in [0.15, 0.2) is 73.0 Å². The monoisotopic (exact) mass is 384 g/mol. The molecule has 3 aromatic rings. The number of benzene rings is 1. The molecular weight excluding hydrogens is 367 g/mol. The van der Waals surface area contributed by atoms with Crippen LogP contribution in [0.3, 0.4) is 0 Å². The Bertz CT molecular complexity index is 1020. The van der Waals surface area contributed by atoms with Gasteiger partial charge in [0.25, 0.3) is 0 Å². The number of halogens is 2. The van der Waals surface area contributed by atoms with Gasteiger partial charge >= 0.3 is 6.01 Å².